The second kappa shape index (κ2) is 6.88. The van der Waals surface area contributed by atoms with Crippen molar-refractivity contribution in [1.82, 2.24) is 9.97 Å². The number of carbonyl (C=O) groups is 1. The number of aromatic nitrogens is 2. The summed E-state index contributed by atoms with van der Waals surface area (Å²) in [4.78, 5) is 32.4. The summed E-state index contributed by atoms with van der Waals surface area (Å²) in [6, 6.07) is 22.2. The lowest BCUT2D eigenvalue weighted by Gasteiger charge is -2.09. The van der Waals surface area contributed by atoms with Crippen molar-refractivity contribution in [2.24, 2.45) is 0 Å². The van der Waals surface area contributed by atoms with E-state index < -0.39 is 11.5 Å². The zero-order valence-corrected chi connectivity index (χ0v) is 14.7. The minimum Gasteiger partial charge on any atom is -0.321 e. The number of H-pyrrole nitrogens is 1. The fourth-order valence-corrected chi connectivity index (χ4v) is 2.97. The number of pyridine rings is 2. The lowest BCUT2D eigenvalue weighted by molar-refractivity contribution is 0.102. The molecule has 4 rings (SSSR count). The fraction of sp³-hybridized carbons (Fsp3) is 0.0455. The highest BCUT2D eigenvalue weighted by atomic mass is 16.2. The first-order valence-corrected chi connectivity index (χ1v) is 8.58. The molecule has 5 nitrogen and oxygen atoms in total. The molecule has 0 aliphatic rings. The Labute approximate surface area is 155 Å². The van der Waals surface area contributed by atoms with Crippen LogP contribution >= 0.6 is 0 Å². The maximum atomic E-state index is 12.7. The predicted octanol–water partition coefficient (Wildman–Crippen LogP) is 4.15. The lowest BCUT2D eigenvalue weighted by atomic mass is 10.1. The molecule has 1 amide bonds. The molecule has 2 aromatic carbocycles. The number of nitrogens with zero attached hydrogens (tertiary/aromatic N) is 1. The molecule has 27 heavy (non-hydrogen) atoms. The minimum atomic E-state index is -0.466. The number of amides is 1. The third-order valence-corrected chi connectivity index (χ3v) is 4.35. The van der Waals surface area contributed by atoms with Crippen LogP contribution in [-0.2, 0) is 0 Å². The third kappa shape index (κ3) is 3.35. The molecule has 2 aromatic heterocycles. The Hall–Kier alpha value is -3.73. The first-order chi connectivity index (χ1) is 13.1. The van der Waals surface area contributed by atoms with E-state index in [-0.39, 0.29) is 5.56 Å². The molecule has 0 saturated carbocycles. The van der Waals surface area contributed by atoms with Crippen molar-refractivity contribution in [1.29, 1.82) is 0 Å². The molecule has 0 spiro atoms. The summed E-state index contributed by atoms with van der Waals surface area (Å²) in [6.45, 7) is 1.89. The van der Waals surface area contributed by atoms with Crippen LogP contribution in [0.3, 0.4) is 0 Å². The summed E-state index contributed by atoms with van der Waals surface area (Å²) in [5.74, 6) is -0.466. The summed E-state index contributed by atoms with van der Waals surface area (Å²) in [5, 5.41) is 3.73. The van der Waals surface area contributed by atoms with Crippen LogP contribution in [0.4, 0.5) is 5.69 Å². The number of hydrogen-bond donors (Lipinski definition) is 2. The van der Waals surface area contributed by atoms with Crippen LogP contribution in [0.2, 0.25) is 0 Å². The monoisotopic (exact) mass is 355 g/mol. The zero-order chi connectivity index (χ0) is 18.8. The molecule has 0 fully saturated rings. The van der Waals surface area contributed by atoms with E-state index in [1.54, 1.807) is 18.2 Å². The van der Waals surface area contributed by atoms with E-state index in [4.69, 9.17) is 0 Å². The molecular formula is C22H17N3O2. The summed E-state index contributed by atoms with van der Waals surface area (Å²) in [5.41, 5.74) is 3.30. The Morgan fingerprint density at radius 2 is 1.74 bits per heavy atom. The van der Waals surface area contributed by atoms with Crippen molar-refractivity contribution in [3.8, 4) is 11.3 Å². The van der Waals surface area contributed by atoms with E-state index in [9.17, 15) is 9.59 Å². The van der Waals surface area contributed by atoms with E-state index in [0.29, 0.717) is 16.9 Å². The van der Waals surface area contributed by atoms with Crippen LogP contribution in [-0.4, -0.2) is 15.9 Å². The number of benzene rings is 2. The second-order valence-corrected chi connectivity index (χ2v) is 6.26. The SMILES string of the molecule is Cc1ccc2cccc(NC(=O)c3ccc(-c4ccccc4)[nH]c3=O)c2n1. The predicted molar refractivity (Wildman–Crippen MR) is 107 cm³/mol. The number of nitrogens with one attached hydrogen (secondary N) is 2. The third-order valence-electron chi connectivity index (χ3n) is 4.35. The molecule has 0 aliphatic carbocycles. The van der Waals surface area contributed by atoms with Crippen molar-refractivity contribution in [2.45, 2.75) is 6.92 Å². The quantitative estimate of drug-likeness (QED) is 0.580. The van der Waals surface area contributed by atoms with Gasteiger partial charge in [0, 0.05) is 16.8 Å². The van der Waals surface area contributed by atoms with Gasteiger partial charge in [-0.3, -0.25) is 14.6 Å². The number of rotatable bonds is 3. The number of hydrogen-bond acceptors (Lipinski definition) is 3. The number of para-hydroxylation sites is 1. The standard InChI is InChI=1S/C22H17N3O2/c1-14-10-11-16-8-5-9-19(20(16)23-14)25-22(27)17-12-13-18(24-21(17)26)15-6-3-2-4-7-15/h2-13H,1H3,(H,24,26)(H,25,27). The summed E-state index contributed by atoms with van der Waals surface area (Å²) in [7, 11) is 0. The Bertz CT molecular complexity index is 1200. The molecule has 0 radical (unpaired) electrons. The van der Waals surface area contributed by atoms with Crippen LogP contribution in [0.25, 0.3) is 22.2 Å². The van der Waals surface area contributed by atoms with Gasteiger partial charge in [-0.05, 0) is 36.8 Å². The topological polar surface area (TPSA) is 74.8 Å². The molecule has 0 aliphatic heterocycles. The maximum absolute atomic E-state index is 12.7. The first-order valence-electron chi connectivity index (χ1n) is 8.58. The highest BCUT2D eigenvalue weighted by Crippen LogP contribution is 2.22. The molecular weight excluding hydrogens is 338 g/mol. The average Bonchev–Trinajstić information content (AvgIpc) is 2.69. The zero-order valence-electron chi connectivity index (χ0n) is 14.7. The van der Waals surface area contributed by atoms with E-state index in [1.807, 2.05) is 61.5 Å². The lowest BCUT2D eigenvalue weighted by Crippen LogP contribution is -2.23. The van der Waals surface area contributed by atoms with Crippen molar-refractivity contribution < 1.29 is 4.79 Å². The molecule has 132 valence electrons. The number of aryl methyl sites for hydroxylation is 1. The molecule has 2 heterocycles. The Morgan fingerprint density at radius 3 is 2.52 bits per heavy atom. The van der Waals surface area contributed by atoms with Crippen LogP contribution in [0.1, 0.15) is 16.1 Å². The van der Waals surface area contributed by atoms with Gasteiger partial charge in [0.05, 0.1) is 11.2 Å². The van der Waals surface area contributed by atoms with Gasteiger partial charge < -0.3 is 10.3 Å². The second-order valence-electron chi connectivity index (χ2n) is 6.26. The molecule has 2 N–H and O–H groups in total. The number of fused-ring (bicyclic) bond motifs is 1. The van der Waals surface area contributed by atoms with Crippen molar-refractivity contribution in [3.63, 3.8) is 0 Å². The van der Waals surface area contributed by atoms with Gasteiger partial charge in [0.1, 0.15) is 5.56 Å². The summed E-state index contributed by atoms with van der Waals surface area (Å²) in [6.07, 6.45) is 0. The first kappa shape index (κ1) is 16.7. The molecule has 5 heteroatoms. The van der Waals surface area contributed by atoms with E-state index >= 15 is 0 Å². The molecule has 0 bridgehead atoms. The van der Waals surface area contributed by atoms with Gasteiger partial charge >= 0.3 is 0 Å². The van der Waals surface area contributed by atoms with E-state index in [0.717, 1.165) is 16.6 Å². The number of carbonyl (C=O) groups excluding carboxylic acids is 1. The Morgan fingerprint density at radius 1 is 0.926 bits per heavy atom. The van der Waals surface area contributed by atoms with Crippen molar-refractivity contribution in [3.05, 3.63) is 94.4 Å². The van der Waals surface area contributed by atoms with Gasteiger partial charge in [-0.2, -0.15) is 0 Å². The van der Waals surface area contributed by atoms with E-state index in [1.165, 1.54) is 0 Å². The van der Waals surface area contributed by atoms with Gasteiger partial charge in [0.2, 0.25) is 0 Å². The van der Waals surface area contributed by atoms with Gasteiger partial charge in [0.25, 0.3) is 11.5 Å². The maximum Gasteiger partial charge on any atom is 0.261 e. The Balaban J connectivity index is 1.66. The largest absolute Gasteiger partial charge is 0.321 e. The summed E-state index contributed by atoms with van der Waals surface area (Å²) >= 11 is 0. The highest BCUT2D eigenvalue weighted by Gasteiger charge is 2.13. The normalized spacial score (nSPS) is 10.7. The van der Waals surface area contributed by atoms with Gasteiger partial charge in [-0.15, -0.1) is 0 Å². The number of anilines is 1. The summed E-state index contributed by atoms with van der Waals surface area (Å²) < 4.78 is 0. The number of aromatic amines is 1. The van der Waals surface area contributed by atoms with Crippen molar-refractivity contribution >= 4 is 22.5 Å². The average molecular weight is 355 g/mol. The van der Waals surface area contributed by atoms with Gasteiger partial charge in [-0.25, -0.2) is 0 Å². The highest BCUT2D eigenvalue weighted by molar-refractivity contribution is 6.08. The van der Waals surface area contributed by atoms with Gasteiger partial charge in [0.15, 0.2) is 0 Å². The smallest absolute Gasteiger partial charge is 0.261 e. The van der Waals surface area contributed by atoms with Crippen LogP contribution in [0.5, 0.6) is 0 Å². The van der Waals surface area contributed by atoms with Crippen molar-refractivity contribution in [2.75, 3.05) is 5.32 Å². The molecule has 0 atom stereocenters. The minimum absolute atomic E-state index is 0.0549. The van der Waals surface area contributed by atoms with Gasteiger partial charge in [-0.1, -0.05) is 48.5 Å². The van der Waals surface area contributed by atoms with Crippen LogP contribution in [0.15, 0.2) is 77.6 Å². The molecule has 4 aromatic rings. The van der Waals surface area contributed by atoms with Crippen LogP contribution in [0, 0.1) is 6.92 Å². The van der Waals surface area contributed by atoms with E-state index in [2.05, 4.69) is 15.3 Å². The molecule has 0 saturated heterocycles. The van der Waals surface area contributed by atoms with Crippen LogP contribution < -0.4 is 10.9 Å². The Kier molecular flexibility index (Phi) is 4.26. The molecule has 0 unspecified atom stereocenters. The fourth-order valence-electron chi connectivity index (χ4n) is 2.97.